The first-order chi connectivity index (χ1) is 39.9. The zero-order chi connectivity index (χ0) is 64.5. The molecule has 457 valence electrons. The first-order valence-corrected chi connectivity index (χ1v) is 25.6. The second kappa shape index (κ2) is 40.4. The average Bonchev–Trinajstić information content (AvgIpc) is 3.56. The maximum atomic E-state index is 11.1. The second-order valence-corrected chi connectivity index (χ2v) is 18.5. The van der Waals surface area contributed by atoms with E-state index < -0.39 is 23.9 Å². The molecule has 8 rings (SSSR count). The number of phenols is 8. The average molecular weight is 1330 g/mol. The van der Waals surface area contributed by atoms with E-state index in [4.69, 9.17) is 71.8 Å². The number of carbonyl (C=O) groups is 4. The van der Waals surface area contributed by atoms with E-state index >= 15 is 0 Å². The number of esters is 2. The van der Waals surface area contributed by atoms with E-state index in [9.17, 15) is 24.3 Å². The fourth-order valence-electron chi connectivity index (χ4n) is 6.96. The largest absolute Gasteiger partial charge is 0.566 e. The summed E-state index contributed by atoms with van der Waals surface area (Å²) >= 11 is 5.65. The molecule has 0 aromatic heterocycles. The van der Waals surface area contributed by atoms with Crippen LogP contribution in [0.5, 0.6) is 63.2 Å². The van der Waals surface area contributed by atoms with Crippen LogP contribution in [0.4, 0.5) is 0 Å². The SMILES string of the molecule is CCOc1cc(O)cc(Cl)c1.COC(=O)c1cc(O)cc(C(=O)OC)c1.COc1cc(O)cc(OC)c1.Cc1c[c-]cc(O)c1.Cc1cc(C)cc(O)c1.Cc1cc(C)cc(O)c1.Cc1cc(C)cc(O)c1.O=C(O)c1cc(O)cc(C(=O)O)c1.[Pr]. The molecule has 0 bridgehead atoms. The van der Waals surface area contributed by atoms with Crippen molar-refractivity contribution < 1.29 is 135 Å². The number of aromatic hydroxyl groups is 8. The Balaban J connectivity index is 0.000000966. The fraction of sp³-hybridized carbons (Fsp3) is 0.200. The van der Waals surface area contributed by atoms with Gasteiger partial charge in [-0.2, -0.15) is 17.7 Å². The summed E-state index contributed by atoms with van der Waals surface area (Å²) in [5.41, 5.74) is 7.34. The van der Waals surface area contributed by atoms with Crippen molar-refractivity contribution in [3.05, 3.63) is 218 Å². The molecule has 0 saturated heterocycles. The van der Waals surface area contributed by atoms with Gasteiger partial charge in [-0.15, -0.1) is 12.1 Å². The molecule has 0 amide bonds. The predicted molar refractivity (Wildman–Crippen MR) is 323 cm³/mol. The number of halogens is 1. The number of carboxylic acid groups (broad SMARTS) is 2. The minimum absolute atomic E-state index is 0. The first kappa shape index (κ1) is 77.1. The Morgan fingerprint density at radius 1 is 0.372 bits per heavy atom. The normalized spacial score (nSPS) is 9.36. The van der Waals surface area contributed by atoms with E-state index in [1.54, 1.807) is 54.6 Å². The number of methoxy groups -OCH3 is 4. The molecule has 1 radical (unpaired) electrons. The van der Waals surface area contributed by atoms with Gasteiger partial charge in [0, 0.05) is 76.3 Å². The molecule has 0 aliphatic heterocycles. The summed E-state index contributed by atoms with van der Waals surface area (Å²) in [5, 5.41) is 89.7. The zero-order valence-electron chi connectivity index (χ0n) is 49.7. The molecule has 21 heteroatoms. The number of rotatable bonds is 8. The van der Waals surface area contributed by atoms with Crippen molar-refractivity contribution in [2.24, 2.45) is 0 Å². The van der Waals surface area contributed by atoms with Crippen molar-refractivity contribution in [2.75, 3.05) is 35.0 Å². The van der Waals surface area contributed by atoms with Crippen LogP contribution in [-0.4, -0.2) is 110 Å². The van der Waals surface area contributed by atoms with Crippen LogP contribution in [0.15, 0.2) is 146 Å². The van der Waals surface area contributed by atoms with Crippen molar-refractivity contribution in [1.29, 1.82) is 0 Å². The van der Waals surface area contributed by atoms with Crippen LogP contribution in [0, 0.1) is 95.8 Å². The van der Waals surface area contributed by atoms with Crippen LogP contribution >= 0.6 is 11.6 Å². The minimum Gasteiger partial charge on any atom is -0.566 e. The van der Waals surface area contributed by atoms with Gasteiger partial charge in [-0.1, -0.05) is 36.7 Å². The Morgan fingerprint density at radius 3 is 0.953 bits per heavy atom. The van der Waals surface area contributed by atoms with Gasteiger partial charge in [0.05, 0.1) is 57.3 Å². The number of hydrogen-bond donors (Lipinski definition) is 10. The van der Waals surface area contributed by atoms with E-state index in [0.29, 0.717) is 46.1 Å². The van der Waals surface area contributed by atoms with Gasteiger partial charge in [0.25, 0.3) is 0 Å². The molecular weight excluding hydrogens is 1260 g/mol. The number of carbonyl (C=O) groups excluding carboxylic acids is 2. The van der Waals surface area contributed by atoms with E-state index in [1.807, 2.05) is 79.7 Å². The van der Waals surface area contributed by atoms with Gasteiger partial charge in [-0.05, 0) is 167 Å². The van der Waals surface area contributed by atoms with Gasteiger partial charge in [0.2, 0.25) is 0 Å². The van der Waals surface area contributed by atoms with Crippen molar-refractivity contribution in [1.82, 2.24) is 0 Å². The van der Waals surface area contributed by atoms with Gasteiger partial charge >= 0.3 is 23.9 Å². The van der Waals surface area contributed by atoms with Crippen molar-refractivity contribution >= 4 is 35.5 Å². The summed E-state index contributed by atoms with van der Waals surface area (Å²) in [5.74, 6) is -1.01. The Bertz CT molecular complexity index is 3040. The number of ether oxygens (including phenoxy) is 5. The Morgan fingerprint density at radius 2 is 0.674 bits per heavy atom. The zero-order valence-corrected chi connectivity index (χ0v) is 54.1. The van der Waals surface area contributed by atoms with E-state index in [0.717, 1.165) is 57.1 Å². The molecule has 8 aromatic carbocycles. The van der Waals surface area contributed by atoms with Crippen LogP contribution in [0.1, 0.15) is 87.3 Å². The summed E-state index contributed by atoms with van der Waals surface area (Å²) in [6.07, 6.45) is 0. The quantitative estimate of drug-likeness (QED) is 0.0499. The number of aryl methyl sites for hydroxylation is 7. The van der Waals surface area contributed by atoms with E-state index in [-0.39, 0.29) is 92.3 Å². The van der Waals surface area contributed by atoms with Gasteiger partial charge in [-0.25, -0.2) is 19.2 Å². The third-order valence-electron chi connectivity index (χ3n) is 10.2. The van der Waals surface area contributed by atoms with Crippen molar-refractivity contribution in [3.8, 4) is 63.2 Å². The van der Waals surface area contributed by atoms with Crippen molar-refractivity contribution in [2.45, 2.75) is 55.4 Å². The molecule has 0 unspecified atom stereocenters. The predicted octanol–water partition coefficient (Wildman–Crippen LogP) is 13.1. The Hall–Kier alpha value is -8.91. The van der Waals surface area contributed by atoms with Gasteiger partial charge in [0.1, 0.15) is 57.5 Å². The monoisotopic (exact) mass is 1330 g/mol. The summed E-state index contributed by atoms with van der Waals surface area (Å²) in [6.45, 7) is 16.1. The fourth-order valence-corrected chi connectivity index (χ4v) is 7.18. The third kappa shape index (κ3) is 32.8. The molecule has 0 atom stereocenters. The first-order valence-electron chi connectivity index (χ1n) is 25.2. The molecule has 8 aromatic rings. The van der Waals surface area contributed by atoms with Crippen LogP contribution in [-0.2, 0) is 9.47 Å². The summed E-state index contributed by atoms with van der Waals surface area (Å²) < 4.78 is 23.8. The number of benzene rings is 8. The molecule has 19 nitrogen and oxygen atoms in total. The molecule has 0 aliphatic carbocycles. The minimum atomic E-state index is -1.28. The number of carboxylic acids is 2. The Labute approximate surface area is 538 Å². The van der Waals surface area contributed by atoms with Crippen LogP contribution in [0.25, 0.3) is 0 Å². The molecule has 0 spiro atoms. The molecule has 0 fully saturated rings. The smallest absolute Gasteiger partial charge is 0.338 e. The molecule has 10 N–H and O–H groups in total. The van der Waals surface area contributed by atoms with E-state index in [2.05, 4.69) is 15.5 Å². The summed E-state index contributed by atoms with van der Waals surface area (Å²) in [4.78, 5) is 43.1. The third-order valence-corrected chi connectivity index (χ3v) is 10.4. The van der Waals surface area contributed by atoms with E-state index in [1.165, 1.54) is 77.0 Å². The molecule has 0 aliphatic rings. The maximum absolute atomic E-state index is 11.1. The van der Waals surface area contributed by atoms with Crippen LogP contribution < -0.4 is 14.2 Å². The second-order valence-electron chi connectivity index (χ2n) is 18.1. The van der Waals surface area contributed by atoms with Gasteiger partial charge < -0.3 is 74.7 Å². The summed E-state index contributed by atoms with van der Waals surface area (Å²) in [7, 11) is 5.50. The van der Waals surface area contributed by atoms with Gasteiger partial charge in [-0.3, -0.25) is 0 Å². The van der Waals surface area contributed by atoms with Crippen molar-refractivity contribution in [3.63, 3.8) is 0 Å². The molecule has 0 saturated carbocycles. The standard InChI is InChI=1S/C10H10O5.C8H9ClO2.C8H6O5.C8H10O3.3C8H10O.C7H7O.Pr/c1-14-9(12)6-3-7(10(13)15-2)5-8(11)4-6;1-2-11-8-4-6(9)3-7(10)5-8;9-6-2-4(7(10)11)1-5(3-6)8(12)13;1-10-7-3-6(9)4-8(5-7)11-2;3*1-6-3-7(2)5-8(9)4-6;1-6-3-2-4-7(8)5-6;/h3-5,11H,1-2H3;3-5,10H,2H2,1H3;1-3,9H,(H,10,11)(H,12,13);3-5,9H,1-2H3;3*3-5,9H,1-2H3;3-5,8H,1H3;/q;;;;;;;-1;. The van der Waals surface area contributed by atoms with Crippen LogP contribution in [0.2, 0.25) is 5.02 Å². The van der Waals surface area contributed by atoms with Crippen LogP contribution in [0.3, 0.4) is 0 Å². The summed E-state index contributed by atoms with van der Waals surface area (Å²) in [6, 6.07) is 40.4. The van der Waals surface area contributed by atoms with Gasteiger partial charge in [0.15, 0.2) is 0 Å². The maximum Gasteiger partial charge on any atom is 0.338 e. The number of phenolic OH excluding ortho intramolecular Hbond substituents is 8. The Kier molecular flexibility index (Phi) is 36.2. The number of hydrogen-bond acceptors (Lipinski definition) is 17. The number of aromatic carboxylic acids is 2. The molecule has 0 heterocycles. The topological polar surface area (TPSA) is 317 Å². The molecular formula is C65H72ClO19Pr-. The molecule has 86 heavy (non-hydrogen) atoms.